The first kappa shape index (κ1) is 37.8. The van der Waals surface area contributed by atoms with E-state index >= 15 is 0 Å². The maximum Gasteiger partial charge on any atom is 0.141 e. The summed E-state index contributed by atoms with van der Waals surface area (Å²) in [6.45, 7) is 12.5. The van der Waals surface area contributed by atoms with Gasteiger partial charge in [-0.05, 0) is 72.4 Å². The van der Waals surface area contributed by atoms with Crippen LogP contribution in [0.15, 0.2) is 91.2 Å². The van der Waals surface area contributed by atoms with Crippen molar-refractivity contribution >= 4 is 80.6 Å². The molecular formula is C35H48N8OS4. The molecule has 13 heteroatoms. The normalized spacial score (nSPS) is 14.3. The average molecular weight is 725 g/mol. The summed E-state index contributed by atoms with van der Waals surface area (Å²) in [4.78, 5) is 18.8. The second-order valence-electron chi connectivity index (χ2n) is 10.6. The number of aliphatic imine (C=N–C) groups is 2. The van der Waals surface area contributed by atoms with E-state index in [4.69, 9.17) is 16.6 Å². The maximum absolute atomic E-state index is 7.00. The van der Waals surface area contributed by atoms with E-state index in [-0.39, 0.29) is 0 Å². The zero-order chi connectivity index (χ0) is 34.1. The molecule has 258 valence electrons. The Labute approximate surface area is 301 Å². The van der Waals surface area contributed by atoms with Crippen LogP contribution < -0.4 is 31.9 Å². The number of nitrogens with one attached hydrogen (secondary N) is 2. The fourth-order valence-corrected chi connectivity index (χ4v) is 8.46. The van der Waals surface area contributed by atoms with E-state index in [1.165, 1.54) is 21.2 Å². The summed E-state index contributed by atoms with van der Waals surface area (Å²) in [5, 5.41) is 17.8. The van der Waals surface area contributed by atoms with Crippen LogP contribution in [0.3, 0.4) is 0 Å². The largest absolute Gasteiger partial charge is 0.400 e. The molecule has 2 aromatic heterocycles. The minimum atomic E-state index is 0.586. The molecule has 4 aromatic rings. The van der Waals surface area contributed by atoms with Crippen LogP contribution in [0.5, 0.6) is 0 Å². The molecule has 0 bridgehead atoms. The van der Waals surface area contributed by atoms with Crippen molar-refractivity contribution in [1.29, 1.82) is 0 Å². The quantitative estimate of drug-likeness (QED) is 0.0658. The van der Waals surface area contributed by atoms with Crippen molar-refractivity contribution in [2.45, 2.75) is 23.6 Å². The van der Waals surface area contributed by atoms with Gasteiger partial charge >= 0.3 is 0 Å². The van der Waals surface area contributed by atoms with E-state index in [1.54, 1.807) is 22.7 Å². The minimum absolute atomic E-state index is 0.586. The monoisotopic (exact) mass is 724 g/mol. The molecule has 0 unspecified atom stereocenters. The second-order valence-corrected chi connectivity index (χ2v) is 14.8. The fraction of sp³-hybridized carbons (Fsp3) is 0.371. The molecule has 0 atom stereocenters. The van der Waals surface area contributed by atoms with Gasteiger partial charge in [-0.3, -0.25) is 0 Å². The van der Waals surface area contributed by atoms with Crippen LogP contribution in [0.4, 0.5) is 22.7 Å². The third-order valence-electron chi connectivity index (χ3n) is 7.47. The van der Waals surface area contributed by atoms with Crippen molar-refractivity contribution in [2.75, 3.05) is 80.8 Å². The molecule has 6 rings (SSSR count). The van der Waals surface area contributed by atoms with E-state index in [2.05, 4.69) is 80.7 Å². The highest BCUT2D eigenvalue weighted by molar-refractivity contribution is 7.99. The zero-order valence-corrected chi connectivity index (χ0v) is 31.3. The molecule has 0 fully saturated rings. The Kier molecular flexibility index (Phi) is 16.1. The molecule has 0 saturated carbocycles. The lowest BCUT2D eigenvalue weighted by atomic mass is 10.2. The molecule has 0 radical (unpaired) electrons. The number of nitrogens with zero attached hydrogens (tertiary/aromatic N) is 4. The van der Waals surface area contributed by atoms with Gasteiger partial charge in [-0.2, -0.15) is 0 Å². The lowest BCUT2D eigenvalue weighted by molar-refractivity contribution is 0.399. The number of hydrogen-bond acceptors (Lipinski definition) is 11. The van der Waals surface area contributed by atoms with Crippen molar-refractivity contribution in [3.8, 4) is 0 Å². The molecule has 0 aliphatic carbocycles. The molecule has 0 saturated heterocycles. The molecule has 0 spiro atoms. The number of thioether (sulfide) groups is 2. The Morgan fingerprint density at radius 1 is 0.708 bits per heavy atom. The minimum Gasteiger partial charge on any atom is -0.400 e. The first-order chi connectivity index (χ1) is 23.6. The molecule has 4 heterocycles. The highest BCUT2D eigenvalue weighted by Gasteiger charge is 2.19. The number of anilines is 2. The van der Waals surface area contributed by atoms with Gasteiger partial charge in [0.05, 0.1) is 32.5 Å². The standard InChI is InChI=1S/2C17H22N4S2.CH4O/c2*1-2-19-7-8-21-9-11-23-15-6-5-13(12-14(15)21)20-17(18)16-4-3-10-22-16;1-2/h2*3-6,10,12,19H,2,7-9,11H2,1H3,(H2,18,20);2H,1H3. The smallest absolute Gasteiger partial charge is 0.141 e. The van der Waals surface area contributed by atoms with Gasteiger partial charge in [0.15, 0.2) is 0 Å². The fourth-order valence-electron chi connectivity index (χ4n) is 5.14. The predicted molar refractivity (Wildman–Crippen MR) is 213 cm³/mol. The van der Waals surface area contributed by atoms with Crippen LogP contribution >= 0.6 is 46.2 Å². The summed E-state index contributed by atoms with van der Waals surface area (Å²) >= 11 is 7.06. The van der Waals surface area contributed by atoms with Crippen molar-refractivity contribution in [1.82, 2.24) is 10.6 Å². The average Bonchev–Trinajstić information content (AvgIpc) is 3.86. The van der Waals surface area contributed by atoms with E-state index in [0.29, 0.717) is 11.7 Å². The summed E-state index contributed by atoms with van der Waals surface area (Å²) in [5.41, 5.74) is 16.6. The van der Waals surface area contributed by atoms with E-state index in [0.717, 1.165) is 92.1 Å². The number of benzene rings is 2. The first-order valence-electron chi connectivity index (χ1n) is 16.2. The van der Waals surface area contributed by atoms with Gasteiger partial charge in [0.25, 0.3) is 0 Å². The number of rotatable bonds is 12. The van der Waals surface area contributed by atoms with Crippen LogP contribution in [-0.4, -0.2) is 87.8 Å². The highest BCUT2D eigenvalue weighted by atomic mass is 32.2. The predicted octanol–water partition coefficient (Wildman–Crippen LogP) is 6.22. The number of aliphatic hydroxyl groups is 1. The number of likely N-dealkylation sites (N-methyl/N-ethyl adjacent to an activating group) is 2. The Hall–Kier alpha value is -3.04. The molecule has 2 aliphatic heterocycles. The topological polar surface area (TPSA) is 128 Å². The van der Waals surface area contributed by atoms with Crippen LogP contribution in [0.1, 0.15) is 23.6 Å². The molecule has 48 heavy (non-hydrogen) atoms. The van der Waals surface area contributed by atoms with Gasteiger partial charge < -0.3 is 37.0 Å². The third-order valence-corrected chi connectivity index (χ3v) is 11.3. The zero-order valence-electron chi connectivity index (χ0n) is 28.0. The number of hydrogen-bond donors (Lipinski definition) is 5. The van der Waals surface area contributed by atoms with Crippen molar-refractivity contribution in [3.05, 3.63) is 81.2 Å². The number of aliphatic hydroxyl groups excluding tert-OH is 1. The lowest BCUT2D eigenvalue weighted by Gasteiger charge is -2.31. The molecule has 0 amide bonds. The Bertz CT molecular complexity index is 1460. The van der Waals surface area contributed by atoms with Gasteiger partial charge in [0.1, 0.15) is 11.7 Å². The van der Waals surface area contributed by atoms with Gasteiger partial charge in [0.2, 0.25) is 0 Å². The number of thiophene rings is 2. The lowest BCUT2D eigenvalue weighted by Crippen LogP contribution is -2.35. The van der Waals surface area contributed by atoms with Gasteiger partial charge in [-0.15, -0.1) is 46.2 Å². The van der Waals surface area contributed by atoms with E-state index in [9.17, 15) is 0 Å². The molecule has 2 aliphatic rings. The van der Waals surface area contributed by atoms with Crippen molar-refractivity contribution < 1.29 is 5.11 Å². The highest BCUT2D eigenvalue weighted by Crippen LogP contribution is 2.38. The number of amidine groups is 2. The first-order valence-corrected chi connectivity index (χ1v) is 19.9. The Morgan fingerprint density at radius 2 is 1.15 bits per heavy atom. The second kappa shape index (κ2) is 20.5. The maximum atomic E-state index is 7.00. The van der Waals surface area contributed by atoms with Crippen LogP contribution in [0, 0.1) is 0 Å². The van der Waals surface area contributed by atoms with Crippen LogP contribution in [-0.2, 0) is 0 Å². The van der Waals surface area contributed by atoms with Crippen molar-refractivity contribution in [2.24, 2.45) is 21.5 Å². The summed E-state index contributed by atoms with van der Waals surface area (Å²) in [5.74, 6) is 3.45. The van der Waals surface area contributed by atoms with E-state index < -0.39 is 0 Å². The molecular weight excluding hydrogens is 677 g/mol. The van der Waals surface area contributed by atoms with Gasteiger partial charge in [-0.25, -0.2) is 9.98 Å². The van der Waals surface area contributed by atoms with E-state index in [1.807, 2.05) is 58.5 Å². The number of fused-ring (bicyclic) bond motifs is 2. The van der Waals surface area contributed by atoms with Crippen molar-refractivity contribution in [3.63, 3.8) is 0 Å². The summed E-state index contributed by atoms with van der Waals surface area (Å²) in [7, 11) is 1.00. The van der Waals surface area contributed by atoms with Crippen LogP contribution in [0.2, 0.25) is 0 Å². The number of nitrogens with two attached hydrogens (primary N) is 2. The Morgan fingerprint density at radius 3 is 1.52 bits per heavy atom. The Balaban J connectivity index is 0.000000206. The van der Waals surface area contributed by atoms with Gasteiger partial charge in [-0.1, -0.05) is 26.0 Å². The molecule has 2 aromatic carbocycles. The summed E-state index contributed by atoms with van der Waals surface area (Å²) in [6.07, 6.45) is 0. The third kappa shape index (κ3) is 11.0. The summed E-state index contributed by atoms with van der Waals surface area (Å²) < 4.78 is 0. The molecule has 9 nitrogen and oxygen atoms in total. The van der Waals surface area contributed by atoms with Crippen LogP contribution in [0.25, 0.3) is 0 Å². The SMILES string of the molecule is CCNCCN1CCSc2ccc(N=C(N)c3cccs3)cc21.CCNCCN1CCSc2ccc(N=C(N)c3cccs3)cc21.CO. The van der Waals surface area contributed by atoms with Gasteiger partial charge in [0, 0.05) is 67.7 Å². The summed E-state index contributed by atoms with van der Waals surface area (Å²) in [6, 6.07) is 20.8. The molecule has 7 N–H and O–H groups in total.